The summed E-state index contributed by atoms with van der Waals surface area (Å²) in [5.74, 6) is 0. The van der Waals surface area contributed by atoms with Crippen LogP contribution in [0.1, 0.15) is 12.5 Å². The molecule has 1 unspecified atom stereocenters. The van der Waals surface area contributed by atoms with Gasteiger partial charge in [-0.3, -0.25) is 4.18 Å². The average molecular weight is 241 g/mol. The minimum absolute atomic E-state index is 0.0399. The first-order chi connectivity index (χ1) is 7.45. The van der Waals surface area contributed by atoms with E-state index < -0.39 is 16.3 Å². The predicted molar refractivity (Wildman–Crippen MR) is 58.1 cm³/mol. The highest BCUT2D eigenvalue weighted by molar-refractivity contribution is 7.86. The SMILES string of the molecule is Cc1ccc(S(=O)(=O)OC(C)N=[N+]=[N-])cc1. The fraction of sp³-hybridized carbons (Fsp3) is 0.333. The standard InChI is InChI=1S/C9H11N3O3S/c1-7-3-5-9(6-4-7)16(13,14)15-8(2)11-12-10/h3-6,8H,1-2H3. The van der Waals surface area contributed by atoms with Gasteiger partial charge in [0, 0.05) is 4.91 Å². The van der Waals surface area contributed by atoms with E-state index in [0.717, 1.165) is 5.56 Å². The molecule has 0 amide bonds. The maximum absolute atomic E-state index is 11.6. The zero-order chi connectivity index (χ0) is 12.2. The van der Waals surface area contributed by atoms with Crippen LogP contribution in [0, 0.1) is 6.92 Å². The van der Waals surface area contributed by atoms with Crippen LogP contribution in [0.3, 0.4) is 0 Å². The van der Waals surface area contributed by atoms with Crippen LogP contribution in [0.5, 0.6) is 0 Å². The molecule has 16 heavy (non-hydrogen) atoms. The molecule has 1 aromatic rings. The van der Waals surface area contributed by atoms with Crippen LogP contribution in [0.4, 0.5) is 0 Å². The van der Waals surface area contributed by atoms with E-state index in [4.69, 9.17) is 5.53 Å². The van der Waals surface area contributed by atoms with Gasteiger partial charge >= 0.3 is 0 Å². The lowest BCUT2D eigenvalue weighted by atomic mass is 10.2. The fourth-order valence-corrected chi connectivity index (χ4v) is 2.02. The molecule has 1 rings (SSSR count). The molecule has 7 heteroatoms. The van der Waals surface area contributed by atoms with E-state index >= 15 is 0 Å². The first kappa shape index (κ1) is 12.5. The van der Waals surface area contributed by atoms with E-state index in [0.29, 0.717) is 0 Å². The number of azide groups is 1. The van der Waals surface area contributed by atoms with Crippen molar-refractivity contribution in [2.24, 2.45) is 5.11 Å². The highest BCUT2D eigenvalue weighted by Crippen LogP contribution is 2.15. The molecule has 6 nitrogen and oxygen atoms in total. The molecule has 0 aromatic heterocycles. The second kappa shape index (κ2) is 4.98. The van der Waals surface area contributed by atoms with Gasteiger partial charge in [0.1, 0.15) is 0 Å². The topological polar surface area (TPSA) is 92.1 Å². The highest BCUT2D eigenvalue weighted by atomic mass is 32.2. The highest BCUT2D eigenvalue weighted by Gasteiger charge is 2.17. The third kappa shape index (κ3) is 3.23. The van der Waals surface area contributed by atoms with E-state index in [1.165, 1.54) is 19.1 Å². The number of rotatable bonds is 4. The summed E-state index contributed by atoms with van der Waals surface area (Å²) in [5.41, 5.74) is 9.07. The van der Waals surface area contributed by atoms with Gasteiger partial charge in [0.05, 0.1) is 4.90 Å². The minimum Gasteiger partial charge on any atom is -0.257 e. The van der Waals surface area contributed by atoms with Gasteiger partial charge in [0.15, 0.2) is 6.23 Å². The number of aryl methyl sites for hydroxylation is 1. The van der Waals surface area contributed by atoms with E-state index in [-0.39, 0.29) is 4.90 Å². The molecule has 1 atom stereocenters. The lowest BCUT2D eigenvalue weighted by molar-refractivity contribution is 0.237. The second-order valence-corrected chi connectivity index (χ2v) is 4.74. The van der Waals surface area contributed by atoms with Crippen LogP contribution in [-0.2, 0) is 14.3 Å². The third-order valence-corrected chi connectivity index (χ3v) is 3.17. The molecule has 0 spiro atoms. The number of hydrogen-bond donors (Lipinski definition) is 0. The zero-order valence-corrected chi connectivity index (χ0v) is 9.68. The van der Waals surface area contributed by atoms with Gasteiger partial charge in [0.2, 0.25) is 0 Å². The number of hydrogen-bond acceptors (Lipinski definition) is 4. The van der Waals surface area contributed by atoms with Crippen LogP contribution in [0.2, 0.25) is 0 Å². The Morgan fingerprint density at radius 2 is 1.94 bits per heavy atom. The maximum atomic E-state index is 11.6. The van der Waals surface area contributed by atoms with Gasteiger partial charge in [-0.1, -0.05) is 22.8 Å². The van der Waals surface area contributed by atoms with Crippen molar-refractivity contribution in [3.63, 3.8) is 0 Å². The molecular formula is C9H11N3O3S. The second-order valence-electron chi connectivity index (χ2n) is 3.17. The molecule has 0 aliphatic rings. The van der Waals surface area contributed by atoms with Gasteiger partial charge in [0.25, 0.3) is 10.1 Å². The van der Waals surface area contributed by atoms with E-state index in [2.05, 4.69) is 14.2 Å². The molecule has 0 saturated carbocycles. The quantitative estimate of drug-likeness (QED) is 0.350. The average Bonchev–Trinajstić information content (AvgIpc) is 2.17. The van der Waals surface area contributed by atoms with Crippen LogP contribution < -0.4 is 0 Å². The summed E-state index contributed by atoms with van der Waals surface area (Å²) in [6.07, 6.45) is -1.06. The molecule has 0 fully saturated rings. The summed E-state index contributed by atoms with van der Waals surface area (Å²) in [6, 6.07) is 6.20. The van der Waals surface area contributed by atoms with Crippen LogP contribution in [0.15, 0.2) is 34.3 Å². The maximum Gasteiger partial charge on any atom is 0.297 e. The van der Waals surface area contributed by atoms with Crippen LogP contribution in [-0.4, -0.2) is 14.6 Å². The summed E-state index contributed by atoms with van der Waals surface area (Å²) in [5, 5.41) is 3.13. The molecule has 0 heterocycles. The fourth-order valence-electron chi connectivity index (χ4n) is 1.04. The van der Waals surface area contributed by atoms with Crippen LogP contribution >= 0.6 is 0 Å². The number of benzene rings is 1. The largest absolute Gasteiger partial charge is 0.297 e. The Morgan fingerprint density at radius 3 is 2.44 bits per heavy atom. The van der Waals surface area contributed by atoms with Crippen molar-refractivity contribution in [1.29, 1.82) is 0 Å². The molecule has 0 aliphatic carbocycles. The van der Waals surface area contributed by atoms with Crippen molar-refractivity contribution in [3.05, 3.63) is 40.3 Å². The molecule has 1 aromatic carbocycles. The first-order valence-electron chi connectivity index (χ1n) is 4.50. The summed E-state index contributed by atoms with van der Waals surface area (Å²) in [7, 11) is -3.86. The van der Waals surface area contributed by atoms with Crippen molar-refractivity contribution in [2.75, 3.05) is 0 Å². The van der Waals surface area contributed by atoms with E-state index in [1.807, 2.05) is 6.92 Å². The molecule has 0 radical (unpaired) electrons. The summed E-state index contributed by atoms with van der Waals surface area (Å²) >= 11 is 0. The molecule has 0 saturated heterocycles. The van der Waals surface area contributed by atoms with Crippen molar-refractivity contribution < 1.29 is 12.6 Å². The summed E-state index contributed by atoms with van der Waals surface area (Å²) in [4.78, 5) is 2.50. The molecule has 0 bridgehead atoms. The Morgan fingerprint density at radius 1 is 1.38 bits per heavy atom. The van der Waals surface area contributed by atoms with Gasteiger partial charge < -0.3 is 0 Å². The molecular weight excluding hydrogens is 230 g/mol. The lowest BCUT2D eigenvalue weighted by Crippen LogP contribution is -2.13. The van der Waals surface area contributed by atoms with Gasteiger partial charge in [-0.15, -0.1) is 0 Å². The lowest BCUT2D eigenvalue weighted by Gasteiger charge is -2.07. The van der Waals surface area contributed by atoms with Crippen molar-refractivity contribution in [2.45, 2.75) is 25.0 Å². The molecule has 86 valence electrons. The van der Waals surface area contributed by atoms with Gasteiger partial charge in [-0.05, 0) is 31.5 Å². The minimum atomic E-state index is -3.86. The van der Waals surface area contributed by atoms with Crippen LogP contribution in [0.25, 0.3) is 10.4 Å². The Balaban J connectivity index is 2.94. The molecule has 0 N–H and O–H groups in total. The summed E-state index contributed by atoms with van der Waals surface area (Å²) in [6.45, 7) is 3.20. The summed E-state index contributed by atoms with van der Waals surface area (Å²) < 4.78 is 27.9. The molecule has 0 aliphatic heterocycles. The predicted octanol–water partition coefficient (Wildman–Crippen LogP) is 2.36. The van der Waals surface area contributed by atoms with Gasteiger partial charge in [-0.2, -0.15) is 8.42 Å². The first-order valence-corrected chi connectivity index (χ1v) is 5.90. The van der Waals surface area contributed by atoms with Crippen molar-refractivity contribution >= 4 is 10.1 Å². The third-order valence-electron chi connectivity index (χ3n) is 1.79. The Hall–Kier alpha value is -1.56. The van der Waals surface area contributed by atoms with E-state index in [1.54, 1.807) is 12.1 Å². The monoisotopic (exact) mass is 241 g/mol. The smallest absolute Gasteiger partial charge is 0.257 e. The number of nitrogens with zero attached hydrogens (tertiary/aromatic N) is 3. The zero-order valence-electron chi connectivity index (χ0n) is 8.86. The Bertz CT molecular complexity index is 503. The van der Waals surface area contributed by atoms with Crippen molar-refractivity contribution in [3.8, 4) is 0 Å². The normalized spacial score (nSPS) is 12.9. The Kier molecular flexibility index (Phi) is 3.89. The Labute approximate surface area is 93.6 Å². The van der Waals surface area contributed by atoms with E-state index in [9.17, 15) is 8.42 Å². The van der Waals surface area contributed by atoms with Crippen molar-refractivity contribution in [1.82, 2.24) is 0 Å². The van der Waals surface area contributed by atoms with Gasteiger partial charge in [-0.25, -0.2) is 0 Å².